The summed E-state index contributed by atoms with van der Waals surface area (Å²) >= 11 is 0. The van der Waals surface area contributed by atoms with Gasteiger partial charge in [-0.25, -0.2) is 4.98 Å². The SMILES string of the molecule is COC1=C(C)C(=O)N(c2cc(C(F)(F)F)c(/C(C)=C\C#N)cn2)C1O. The Kier molecular flexibility index (Phi) is 4.85. The molecule has 6 nitrogen and oxygen atoms in total. The highest BCUT2D eigenvalue weighted by Crippen LogP contribution is 2.38. The first kappa shape index (κ1) is 18.5. The Bertz CT molecular complexity index is 822. The molecule has 0 bridgehead atoms. The molecule has 0 aliphatic carbocycles. The number of alkyl halides is 3. The van der Waals surface area contributed by atoms with Gasteiger partial charge in [0, 0.05) is 17.8 Å². The van der Waals surface area contributed by atoms with E-state index in [0.29, 0.717) is 6.07 Å². The molecule has 0 spiro atoms. The molecule has 1 unspecified atom stereocenters. The maximum atomic E-state index is 13.4. The smallest absolute Gasteiger partial charge is 0.417 e. The number of amides is 1. The van der Waals surface area contributed by atoms with Crippen LogP contribution in [0.4, 0.5) is 19.0 Å². The number of methoxy groups -OCH3 is 1. The molecule has 0 saturated carbocycles. The fourth-order valence-corrected chi connectivity index (χ4v) is 2.50. The van der Waals surface area contributed by atoms with Gasteiger partial charge >= 0.3 is 6.18 Å². The van der Waals surface area contributed by atoms with Gasteiger partial charge < -0.3 is 9.84 Å². The second-order valence-electron chi connectivity index (χ2n) is 5.28. The Balaban J connectivity index is 2.58. The number of carbonyl (C=O) groups excluding carboxylic acids is 1. The van der Waals surface area contributed by atoms with Crippen LogP contribution < -0.4 is 4.90 Å². The van der Waals surface area contributed by atoms with Crippen molar-refractivity contribution in [1.82, 2.24) is 4.98 Å². The molecule has 1 atom stereocenters. The third-order valence-electron chi connectivity index (χ3n) is 3.76. The lowest BCUT2D eigenvalue weighted by atomic mass is 10.0. The molecule has 1 amide bonds. The monoisotopic (exact) mass is 353 g/mol. The number of allylic oxidation sites excluding steroid dienone is 2. The molecule has 132 valence electrons. The Morgan fingerprint density at radius 1 is 1.52 bits per heavy atom. The summed E-state index contributed by atoms with van der Waals surface area (Å²) in [5.41, 5.74) is -1.19. The number of hydrogen-bond acceptors (Lipinski definition) is 5. The van der Waals surface area contributed by atoms with Crippen LogP contribution >= 0.6 is 0 Å². The molecule has 0 radical (unpaired) electrons. The van der Waals surface area contributed by atoms with Crippen LogP contribution in [-0.4, -0.2) is 29.3 Å². The number of nitrogens with zero attached hydrogens (tertiary/aromatic N) is 3. The van der Waals surface area contributed by atoms with Gasteiger partial charge in [0.1, 0.15) is 5.82 Å². The summed E-state index contributed by atoms with van der Waals surface area (Å²) in [7, 11) is 1.24. The van der Waals surface area contributed by atoms with E-state index < -0.39 is 23.9 Å². The number of aliphatic hydroxyl groups excluding tert-OH is 1. The average molecular weight is 353 g/mol. The second kappa shape index (κ2) is 6.57. The average Bonchev–Trinajstić information content (AvgIpc) is 2.75. The normalized spacial score (nSPS) is 18.6. The molecular weight excluding hydrogens is 339 g/mol. The van der Waals surface area contributed by atoms with Crippen molar-refractivity contribution in [2.24, 2.45) is 0 Å². The van der Waals surface area contributed by atoms with Gasteiger partial charge in [-0.2, -0.15) is 18.4 Å². The zero-order chi connectivity index (χ0) is 18.9. The van der Waals surface area contributed by atoms with Crippen LogP contribution in [0.3, 0.4) is 0 Å². The summed E-state index contributed by atoms with van der Waals surface area (Å²) in [6.45, 7) is 2.74. The van der Waals surface area contributed by atoms with E-state index in [0.717, 1.165) is 17.2 Å². The molecule has 2 rings (SSSR count). The van der Waals surface area contributed by atoms with Gasteiger partial charge in [-0.1, -0.05) is 0 Å². The third-order valence-corrected chi connectivity index (χ3v) is 3.76. The van der Waals surface area contributed by atoms with E-state index in [9.17, 15) is 23.1 Å². The summed E-state index contributed by atoms with van der Waals surface area (Å²) < 4.78 is 45.1. The Labute approximate surface area is 141 Å². The largest absolute Gasteiger partial charge is 0.496 e. The Morgan fingerprint density at radius 3 is 2.64 bits per heavy atom. The van der Waals surface area contributed by atoms with Crippen molar-refractivity contribution in [3.63, 3.8) is 0 Å². The van der Waals surface area contributed by atoms with E-state index in [1.54, 1.807) is 6.07 Å². The van der Waals surface area contributed by atoms with Crippen LogP contribution in [0.5, 0.6) is 0 Å². The van der Waals surface area contributed by atoms with E-state index in [1.165, 1.54) is 21.0 Å². The number of nitriles is 1. The van der Waals surface area contributed by atoms with Gasteiger partial charge in [0.2, 0.25) is 0 Å². The molecule has 9 heteroatoms. The van der Waals surface area contributed by atoms with Crippen molar-refractivity contribution in [3.8, 4) is 6.07 Å². The Hall–Kier alpha value is -2.86. The van der Waals surface area contributed by atoms with Gasteiger partial charge in [-0.3, -0.25) is 9.69 Å². The molecule has 0 fully saturated rings. The predicted octanol–water partition coefficient (Wildman–Crippen LogP) is 2.61. The summed E-state index contributed by atoms with van der Waals surface area (Å²) in [5.74, 6) is -1.13. The topological polar surface area (TPSA) is 86.5 Å². The molecule has 2 heterocycles. The minimum atomic E-state index is -4.74. The summed E-state index contributed by atoms with van der Waals surface area (Å²) in [6.07, 6.45) is -4.41. The number of anilines is 1. The highest BCUT2D eigenvalue weighted by molar-refractivity contribution is 6.08. The van der Waals surface area contributed by atoms with Crippen LogP contribution in [0.15, 0.2) is 29.7 Å². The molecule has 1 aromatic heterocycles. The van der Waals surface area contributed by atoms with E-state index >= 15 is 0 Å². The van der Waals surface area contributed by atoms with Crippen LogP contribution in [0.2, 0.25) is 0 Å². The van der Waals surface area contributed by atoms with Crippen LogP contribution in [0, 0.1) is 11.3 Å². The van der Waals surface area contributed by atoms with E-state index in [4.69, 9.17) is 10.00 Å². The summed E-state index contributed by atoms with van der Waals surface area (Å²) in [4.78, 5) is 16.8. The maximum Gasteiger partial charge on any atom is 0.417 e. The molecule has 25 heavy (non-hydrogen) atoms. The third kappa shape index (κ3) is 3.21. The summed E-state index contributed by atoms with van der Waals surface area (Å²) in [6, 6.07) is 2.33. The lowest BCUT2D eigenvalue weighted by molar-refractivity contribution is -0.137. The lowest BCUT2D eigenvalue weighted by Gasteiger charge is -2.23. The first-order chi connectivity index (χ1) is 11.6. The van der Waals surface area contributed by atoms with Gasteiger partial charge in [0.15, 0.2) is 12.0 Å². The fraction of sp³-hybridized carbons (Fsp3) is 0.312. The number of aliphatic hydroxyl groups is 1. The van der Waals surface area contributed by atoms with Gasteiger partial charge in [-0.05, 0) is 25.5 Å². The number of rotatable bonds is 3. The number of carbonyl (C=O) groups is 1. The molecule has 0 saturated heterocycles. The van der Waals surface area contributed by atoms with Crippen molar-refractivity contribution < 1.29 is 27.8 Å². The molecule has 0 aromatic carbocycles. The van der Waals surface area contributed by atoms with E-state index in [1.807, 2.05) is 0 Å². The molecule has 1 aliphatic heterocycles. The van der Waals surface area contributed by atoms with Gasteiger partial charge in [0.25, 0.3) is 5.91 Å². The maximum absolute atomic E-state index is 13.4. The second-order valence-corrected chi connectivity index (χ2v) is 5.28. The molecule has 1 N–H and O–H groups in total. The number of pyridine rings is 1. The summed E-state index contributed by atoms with van der Waals surface area (Å²) in [5, 5.41) is 18.8. The molecule has 1 aromatic rings. The van der Waals surface area contributed by atoms with E-state index in [2.05, 4.69) is 4.98 Å². The first-order valence-electron chi connectivity index (χ1n) is 7.03. The van der Waals surface area contributed by atoms with Crippen molar-refractivity contribution >= 4 is 17.3 Å². The Morgan fingerprint density at radius 2 is 2.16 bits per heavy atom. The van der Waals surface area contributed by atoms with Crippen molar-refractivity contribution in [3.05, 3.63) is 40.8 Å². The quantitative estimate of drug-likeness (QED) is 0.844. The zero-order valence-electron chi connectivity index (χ0n) is 13.5. The van der Waals surface area contributed by atoms with Crippen LogP contribution in [-0.2, 0) is 15.7 Å². The minimum absolute atomic E-state index is 0.0509. The number of hydrogen-bond donors (Lipinski definition) is 1. The van der Waals surface area contributed by atoms with Crippen molar-refractivity contribution in [1.29, 1.82) is 5.26 Å². The van der Waals surface area contributed by atoms with Crippen LogP contribution in [0.1, 0.15) is 25.0 Å². The van der Waals surface area contributed by atoms with Crippen LogP contribution in [0.25, 0.3) is 5.57 Å². The minimum Gasteiger partial charge on any atom is -0.496 e. The van der Waals surface area contributed by atoms with Gasteiger partial charge in [0.05, 0.1) is 24.3 Å². The highest BCUT2D eigenvalue weighted by atomic mass is 19.4. The standard InChI is InChI=1S/C16H14F3N3O3/c1-8(4-5-20)10-7-21-12(6-11(10)16(17,18)19)22-14(23)9(2)13(25-3)15(22)24/h4,6-7,15,24H,1-3H3/b8-4-. The molecule has 1 aliphatic rings. The number of aromatic nitrogens is 1. The number of ether oxygens (including phenoxy) is 1. The van der Waals surface area contributed by atoms with Gasteiger partial charge in [-0.15, -0.1) is 0 Å². The first-order valence-corrected chi connectivity index (χ1v) is 7.03. The fourth-order valence-electron chi connectivity index (χ4n) is 2.50. The predicted molar refractivity (Wildman–Crippen MR) is 81.7 cm³/mol. The lowest BCUT2D eigenvalue weighted by Crippen LogP contribution is -2.36. The molecular formula is C16H14F3N3O3. The van der Waals surface area contributed by atoms with Crippen molar-refractivity contribution in [2.45, 2.75) is 26.3 Å². The van der Waals surface area contributed by atoms with Crippen molar-refractivity contribution in [2.75, 3.05) is 12.0 Å². The van der Waals surface area contributed by atoms with E-state index in [-0.39, 0.29) is 28.3 Å². The highest BCUT2D eigenvalue weighted by Gasteiger charge is 2.41. The number of halogens is 3. The zero-order valence-corrected chi connectivity index (χ0v) is 13.5.